The molecule has 0 unspecified atom stereocenters. The van der Waals surface area contributed by atoms with Gasteiger partial charge in [-0.15, -0.1) is 0 Å². The van der Waals surface area contributed by atoms with Crippen LogP contribution in [-0.4, -0.2) is 111 Å². The minimum Gasteiger partial charge on any atom is -0.330 e. The van der Waals surface area contributed by atoms with Crippen molar-refractivity contribution in [2.75, 3.05) is 53.4 Å². The van der Waals surface area contributed by atoms with Crippen LogP contribution in [0, 0.1) is 0 Å². The molecule has 0 N–H and O–H groups in total. The Morgan fingerprint density at radius 2 is 0.697 bits per heavy atom. The van der Waals surface area contributed by atoms with Gasteiger partial charge in [-0.1, -0.05) is 101 Å². The molecule has 474 valence electrons. The van der Waals surface area contributed by atoms with Gasteiger partial charge in [-0.2, -0.15) is 8.61 Å². The number of imidazole rings is 3. The molecule has 8 heterocycles. The van der Waals surface area contributed by atoms with Crippen molar-refractivity contribution in [3.8, 4) is 0 Å². The van der Waals surface area contributed by atoms with Gasteiger partial charge < -0.3 is 28.4 Å². The molecule has 5 aliphatic heterocycles. The van der Waals surface area contributed by atoms with Crippen molar-refractivity contribution >= 4 is 54.8 Å². The molecule has 3 amide bonds. The van der Waals surface area contributed by atoms with E-state index in [0.29, 0.717) is 25.5 Å². The Morgan fingerprint density at radius 3 is 0.989 bits per heavy atom. The number of nitrogens with zero attached hydrogens (tertiary/aromatic N) is 11. The highest BCUT2D eigenvalue weighted by Gasteiger charge is 2.62. The van der Waals surface area contributed by atoms with E-state index in [-0.39, 0.29) is 43.4 Å². The lowest BCUT2D eigenvalue weighted by molar-refractivity contribution is -0.127. The largest absolute Gasteiger partial charge is 0.330 e. The van der Waals surface area contributed by atoms with Crippen LogP contribution in [0.25, 0.3) is 0 Å². The molecule has 6 aromatic rings. The van der Waals surface area contributed by atoms with Crippen molar-refractivity contribution in [1.82, 2.24) is 37.3 Å². The second-order valence-electron chi connectivity index (χ2n) is 26.8. The third-order valence-electron chi connectivity index (χ3n) is 21.1. The molecule has 0 bridgehead atoms. The SMILES string of the molecule is CCCCn1c(CN2C(=O)C3(CCC3)c3ccccc32)nc2c1CCCC2.CCCCn1c(CN2C(=O)C3(CN(S(C)(=O)=O)C3)c3ccccc32)nc2c1CCCC2.CCCCn1c(CN2C(=O)C3(CN(S(C)(=O)=O)C3)c3ccccc32)nc2c1CCCC2. The van der Waals surface area contributed by atoms with Crippen LogP contribution in [0.2, 0.25) is 0 Å². The molecule has 0 radical (unpaired) electrons. The molecule has 18 nitrogen and oxygen atoms in total. The number of carbonyl (C=O) groups excluding carboxylic acids is 3. The third kappa shape index (κ3) is 10.7. The number of hydrogen-bond donors (Lipinski definition) is 0. The summed E-state index contributed by atoms with van der Waals surface area (Å²) in [6.45, 7) is 11.9. The predicted octanol–water partition coefficient (Wildman–Crippen LogP) is 9.77. The number of aromatic nitrogens is 6. The Kier molecular flexibility index (Phi) is 16.8. The number of hydrogen-bond acceptors (Lipinski definition) is 10. The average Bonchev–Trinajstić information content (AvgIpc) is 1.64. The molecule has 89 heavy (non-hydrogen) atoms. The summed E-state index contributed by atoms with van der Waals surface area (Å²) in [4.78, 5) is 61.5. The van der Waals surface area contributed by atoms with Gasteiger partial charge >= 0.3 is 0 Å². The summed E-state index contributed by atoms with van der Waals surface area (Å²) in [5, 5.41) is 0. The van der Waals surface area contributed by atoms with Crippen molar-refractivity contribution in [2.24, 2.45) is 0 Å². The number of aryl methyl sites for hydroxylation is 3. The van der Waals surface area contributed by atoms with Gasteiger partial charge in [0.2, 0.25) is 37.8 Å². The summed E-state index contributed by atoms with van der Waals surface area (Å²) in [6.07, 6.45) is 26.0. The van der Waals surface area contributed by atoms with Crippen molar-refractivity contribution in [3.63, 3.8) is 0 Å². The van der Waals surface area contributed by atoms with E-state index in [1.807, 2.05) is 63.2 Å². The lowest BCUT2D eigenvalue weighted by Crippen LogP contribution is -2.64. The van der Waals surface area contributed by atoms with Crippen LogP contribution < -0.4 is 14.7 Å². The number of benzene rings is 3. The zero-order valence-corrected chi connectivity index (χ0v) is 54.6. The number of unbranched alkanes of at least 4 members (excludes halogenated alkanes) is 3. The van der Waals surface area contributed by atoms with Crippen molar-refractivity contribution in [3.05, 3.63) is 141 Å². The molecule has 4 aliphatic carbocycles. The van der Waals surface area contributed by atoms with Crippen LogP contribution in [0.15, 0.2) is 72.8 Å². The smallest absolute Gasteiger partial charge is 0.240 e. The number of rotatable bonds is 17. The Balaban J connectivity index is 0.000000123. The van der Waals surface area contributed by atoms with E-state index in [1.54, 1.807) is 0 Å². The van der Waals surface area contributed by atoms with Crippen molar-refractivity contribution < 1.29 is 31.2 Å². The minimum atomic E-state index is -3.30. The maximum absolute atomic E-state index is 13.7. The van der Waals surface area contributed by atoms with Gasteiger partial charge in [-0.05, 0) is 144 Å². The van der Waals surface area contributed by atoms with E-state index in [0.717, 1.165) is 149 Å². The highest BCUT2D eigenvalue weighted by Crippen LogP contribution is 2.54. The summed E-state index contributed by atoms with van der Waals surface area (Å²) in [5.41, 5.74) is 12.1. The van der Waals surface area contributed by atoms with E-state index in [1.165, 1.54) is 112 Å². The van der Waals surface area contributed by atoms with Crippen LogP contribution in [0.5, 0.6) is 0 Å². The zero-order valence-electron chi connectivity index (χ0n) is 52.9. The van der Waals surface area contributed by atoms with E-state index < -0.39 is 30.9 Å². The van der Waals surface area contributed by atoms with Crippen LogP contribution in [0.1, 0.15) is 185 Å². The first-order valence-corrected chi connectivity index (χ1v) is 37.0. The summed E-state index contributed by atoms with van der Waals surface area (Å²) in [6, 6.07) is 24.1. The van der Waals surface area contributed by atoms with Gasteiger partial charge in [0.05, 0.1) is 54.6 Å². The highest BCUT2D eigenvalue weighted by molar-refractivity contribution is 7.88. The van der Waals surface area contributed by atoms with Gasteiger partial charge in [-0.25, -0.2) is 31.8 Å². The maximum Gasteiger partial charge on any atom is 0.240 e. The molecule has 3 aromatic carbocycles. The molecule has 1 saturated carbocycles. The topological polar surface area (TPSA) is 189 Å². The molecule has 3 aromatic heterocycles. The monoisotopic (exact) mass is 1250 g/mol. The van der Waals surface area contributed by atoms with Crippen molar-refractivity contribution in [1.29, 1.82) is 0 Å². The quantitative estimate of drug-likeness (QED) is 0.0850. The second-order valence-corrected chi connectivity index (χ2v) is 30.8. The summed E-state index contributed by atoms with van der Waals surface area (Å²) in [7, 11) is -6.61. The van der Waals surface area contributed by atoms with Crippen LogP contribution >= 0.6 is 0 Å². The number of amides is 3. The van der Waals surface area contributed by atoms with Crippen LogP contribution in [-0.2, 0) is 128 Å². The average molecular weight is 1250 g/mol. The predicted molar refractivity (Wildman–Crippen MR) is 346 cm³/mol. The minimum absolute atomic E-state index is 0.00314. The van der Waals surface area contributed by atoms with E-state index >= 15 is 0 Å². The van der Waals surface area contributed by atoms with Crippen molar-refractivity contribution in [2.45, 2.75) is 211 Å². The summed E-state index contributed by atoms with van der Waals surface area (Å²) < 4.78 is 57.9. The van der Waals surface area contributed by atoms with Gasteiger partial charge in [0, 0.05) is 80.0 Å². The number of sulfonamides is 2. The van der Waals surface area contributed by atoms with E-state index in [2.05, 4.69) is 58.7 Å². The molecule has 3 spiro atoms. The normalized spacial score (nSPS) is 20.0. The molecule has 0 atom stereocenters. The molecular weight excluding hydrogens is 1160 g/mol. The first-order chi connectivity index (χ1) is 42.9. The number of fused-ring (bicyclic) bond motifs is 9. The Bertz CT molecular complexity index is 3760. The lowest BCUT2D eigenvalue weighted by atomic mass is 9.65. The zero-order chi connectivity index (χ0) is 62.0. The van der Waals surface area contributed by atoms with Crippen LogP contribution in [0.4, 0.5) is 17.1 Å². The third-order valence-corrected chi connectivity index (χ3v) is 23.5. The Hall–Kier alpha value is -6.48. The fraction of sp³-hybridized carbons (Fsp3) is 0.565. The lowest BCUT2D eigenvalue weighted by Gasteiger charge is -2.45. The Labute approximate surface area is 526 Å². The van der Waals surface area contributed by atoms with Gasteiger partial charge in [0.15, 0.2) is 0 Å². The molecule has 3 fully saturated rings. The summed E-state index contributed by atoms with van der Waals surface area (Å²) >= 11 is 0. The molecular formula is C69H89N11O7S2. The second kappa shape index (κ2) is 24.3. The standard InChI is InChI=1S/2C23H30N4O3S.C23H29N3O/c2*1-3-4-13-26-20-12-8-6-10-18(20)24-21(26)14-27-19-11-7-5-9-17(19)23(22(27)28)15-25(16-23)31(2,29)30;1-2-3-15-25-20-12-7-5-10-18(20)24-21(25)16-26-19-11-6-4-9-17(19)23(22(26)27)13-8-14-23/h2*5,7,9,11H,3-4,6,8,10,12-16H2,1-2H3;4,6,9,11H,2-3,5,7-8,10,12-16H2,1H3. The fourth-order valence-corrected chi connectivity index (χ4v) is 17.8. The first-order valence-electron chi connectivity index (χ1n) is 33.3. The molecule has 20 heteroatoms. The fourth-order valence-electron chi connectivity index (χ4n) is 16.0. The maximum atomic E-state index is 13.7. The van der Waals surface area contributed by atoms with E-state index in [9.17, 15) is 31.2 Å². The number of anilines is 3. The highest BCUT2D eigenvalue weighted by atomic mass is 32.2. The molecule has 15 rings (SSSR count). The first kappa shape index (κ1) is 61.4. The number of carbonyl (C=O) groups is 3. The van der Waals surface area contributed by atoms with Gasteiger partial charge in [0.1, 0.15) is 28.3 Å². The molecule has 2 saturated heterocycles. The number of para-hydroxylation sites is 3. The van der Waals surface area contributed by atoms with Crippen LogP contribution in [0.3, 0.4) is 0 Å². The van der Waals surface area contributed by atoms with Gasteiger partial charge in [0.25, 0.3) is 0 Å². The van der Waals surface area contributed by atoms with E-state index in [4.69, 9.17) is 15.0 Å². The van der Waals surface area contributed by atoms with Gasteiger partial charge in [-0.3, -0.25) is 14.4 Å². The molecule has 9 aliphatic rings. The summed E-state index contributed by atoms with van der Waals surface area (Å²) in [5.74, 6) is 3.31. The Morgan fingerprint density at radius 1 is 0.404 bits per heavy atom.